The Balaban J connectivity index is 2.11. The fourth-order valence-corrected chi connectivity index (χ4v) is 1.67. The number of rotatable bonds is 3. The highest BCUT2D eigenvalue weighted by atomic mass is 14.7. The summed E-state index contributed by atoms with van der Waals surface area (Å²) in [5, 5.41) is 0. The van der Waals surface area contributed by atoms with Crippen molar-refractivity contribution in [3.05, 3.63) is 24.0 Å². The molecule has 1 atom stereocenters. The molecule has 0 aliphatic heterocycles. The SMILES string of the molecule is NCC(c1cc[nH]c1)C1CC1. The minimum Gasteiger partial charge on any atom is -0.367 e. The molecule has 0 radical (unpaired) electrons. The Hall–Kier alpha value is -0.760. The van der Waals surface area contributed by atoms with Crippen LogP contribution in [0.15, 0.2) is 18.5 Å². The number of hydrogen-bond acceptors (Lipinski definition) is 1. The van der Waals surface area contributed by atoms with Crippen LogP contribution in [0, 0.1) is 5.92 Å². The number of nitrogens with two attached hydrogens (primary N) is 1. The van der Waals surface area contributed by atoms with Gasteiger partial charge in [0, 0.05) is 18.3 Å². The molecule has 0 saturated heterocycles. The first-order valence-electron chi connectivity index (χ1n) is 4.24. The second-order valence-corrected chi connectivity index (χ2v) is 3.32. The van der Waals surface area contributed by atoms with E-state index in [1.165, 1.54) is 18.4 Å². The average Bonchev–Trinajstić information content (AvgIpc) is 2.68. The van der Waals surface area contributed by atoms with E-state index in [-0.39, 0.29) is 0 Å². The van der Waals surface area contributed by atoms with E-state index in [0.717, 1.165) is 12.5 Å². The van der Waals surface area contributed by atoms with Crippen LogP contribution >= 0.6 is 0 Å². The topological polar surface area (TPSA) is 41.8 Å². The number of aromatic amines is 1. The van der Waals surface area contributed by atoms with Gasteiger partial charge in [-0.1, -0.05) is 0 Å². The quantitative estimate of drug-likeness (QED) is 0.673. The summed E-state index contributed by atoms with van der Waals surface area (Å²) in [5.41, 5.74) is 7.08. The van der Waals surface area contributed by atoms with Crippen LogP contribution < -0.4 is 5.73 Å². The molecule has 2 heteroatoms. The van der Waals surface area contributed by atoms with Gasteiger partial charge in [-0.25, -0.2) is 0 Å². The Labute approximate surface area is 66.8 Å². The first kappa shape index (κ1) is 6.92. The minimum atomic E-state index is 0.612. The highest BCUT2D eigenvalue weighted by Gasteiger charge is 2.31. The van der Waals surface area contributed by atoms with E-state index >= 15 is 0 Å². The second kappa shape index (κ2) is 2.70. The van der Waals surface area contributed by atoms with Gasteiger partial charge in [-0.05, 0) is 36.9 Å². The average molecular weight is 150 g/mol. The molecule has 1 fully saturated rings. The maximum Gasteiger partial charge on any atom is 0.00407 e. The maximum atomic E-state index is 5.69. The summed E-state index contributed by atoms with van der Waals surface area (Å²) in [7, 11) is 0. The van der Waals surface area contributed by atoms with Gasteiger partial charge in [-0.15, -0.1) is 0 Å². The summed E-state index contributed by atoms with van der Waals surface area (Å²) in [5.74, 6) is 1.48. The highest BCUT2D eigenvalue weighted by Crippen LogP contribution is 2.41. The first-order valence-corrected chi connectivity index (χ1v) is 4.24. The molecule has 1 aromatic heterocycles. The van der Waals surface area contributed by atoms with E-state index in [0.29, 0.717) is 5.92 Å². The van der Waals surface area contributed by atoms with Crippen molar-refractivity contribution in [1.82, 2.24) is 4.98 Å². The molecule has 60 valence electrons. The lowest BCUT2D eigenvalue weighted by molar-refractivity contribution is 0.616. The van der Waals surface area contributed by atoms with Crippen molar-refractivity contribution in [3.63, 3.8) is 0 Å². The fraction of sp³-hybridized carbons (Fsp3) is 0.556. The third-order valence-corrected chi connectivity index (χ3v) is 2.50. The van der Waals surface area contributed by atoms with Crippen molar-refractivity contribution >= 4 is 0 Å². The van der Waals surface area contributed by atoms with Gasteiger partial charge in [-0.2, -0.15) is 0 Å². The molecule has 1 unspecified atom stereocenters. The van der Waals surface area contributed by atoms with E-state index in [4.69, 9.17) is 5.73 Å². The van der Waals surface area contributed by atoms with E-state index in [1.807, 2.05) is 6.20 Å². The summed E-state index contributed by atoms with van der Waals surface area (Å²) >= 11 is 0. The molecule has 1 aromatic rings. The molecule has 0 bridgehead atoms. The van der Waals surface area contributed by atoms with Crippen molar-refractivity contribution in [2.45, 2.75) is 18.8 Å². The molecule has 1 aliphatic rings. The van der Waals surface area contributed by atoms with Gasteiger partial charge < -0.3 is 10.7 Å². The molecule has 2 rings (SSSR count). The minimum absolute atomic E-state index is 0.612. The van der Waals surface area contributed by atoms with E-state index in [2.05, 4.69) is 17.2 Å². The summed E-state index contributed by atoms with van der Waals surface area (Å²) in [6.07, 6.45) is 6.77. The summed E-state index contributed by atoms with van der Waals surface area (Å²) in [6, 6.07) is 2.13. The zero-order valence-electron chi connectivity index (χ0n) is 6.59. The molecule has 11 heavy (non-hydrogen) atoms. The predicted octanol–water partition coefficient (Wildman–Crippen LogP) is 1.47. The smallest absolute Gasteiger partial charge is 0.00407 e. The number of H-pyrrole nitrogens is 1. The summed E-state index contributed by atoms with van der Waals surface area (Å²) in [6.45, 7) is 0.794. The lowest BCUT2D eigenvalue weighted by Gasteiger charge is -2.10. The van der Waals surface area contributed by atoms with Crippen molar-refractivity contribution in [3.8, 4) is 0 Å². The van der Waals surface area contributed by atoms with Crippen molar-refractivity contribution in [1.29, 1.82) is 0 Å². The second-order valence-electron chi connectivity index (χ2n) is 3.32. The molecule has 0 aromatic carbocycles. The van der Waals surface area contributed by atoms with E-state index < -0.39 is 0 Å². The van der Waals surface area contributed by atoms with Crippen LogP contribution in [0.1, 0.15) is 24.3 Å². The largest absolute Gasteiger partial charge is 0.367 e. The highest BCUT2D eigenvalue weighted by molar-refractivity contribution is 5.18. The number of hydrogen-bond donors (Lipinski definition) is 2. The van der Waals surface area contributed by atoms with Crippen LogP contribution in [0.4, 0.5) is 0 Å². The Morgan fingerprint density at radius 1 is 1.64 bits per heavy atom. The van der Waals surface area contributed by atoms with Gasteiger partial charge in [-0.3, -0.25) is 0 Å². The number of nitrogens with one attached hydrogen (secondary N) is 1. The van der Waals surface area contributed by atoms with Crippen LogP contribution in [0.25, 0.3) is 0 Å². The van der Waals surface area contributed by atoms with Gasteiger partial charge in [0.25, 0.3) is 0 Å². The molecule has 1 saturated carbocycles. The molecule has 1 heterocycles. The summed E-state index contributed by atoms with van der Waals surface area (Å²) in [4.78, 5) is 3.07. The van der Waals surface area contributed by atoms with Crippen LogP contribution in [-0.2, 0) is 0 Å². The van der Waals surface area contributed by atoms with Gasteiger partial charge >= 0.3 is 0 Å². The fourth-order valence-electron chi connectivity index (χ4n) is 1.67. The zero-order chi connectivity index (χ0) is 7.68. The first-order chi connectivity index (χ1) is 5.42. The molecule has 0 amide bonds. The monoisotopic (exact) mass is 150 g/mol. The van der Waals surface area contributed by atoms with Crippen LogP contribution in [0.3, 0.4) is 0 Å². The third-order valence-electron chi connectivity index (χ3n) is 2.50. The third kappa shape index (κ3) is 1.31. The molecular formula is C9H14N2. The zero-order valence-corrected chi connectivity index (χ0v) is 6.59. The van der Waals surface area contributed by atoms with E-state index in [1.54, 1.807) is 0 Å². The lowest BCUT2D eigenvalue weighted by atomic mass is 9.97. The van der Waals surface area contributed by atoms with Crippen molar-refractivity contribution < 1.29 is 0 Å². The Bertz CT molecular complexity index is 211. The molecule has 3 N–H and O–H groups in total. The van der Waals surface area contributed by atoms with Crippen LogP contribution in [0.5, 0.6) is 0 Å². The lowest BCUT2D eigenvalue weighted by Crippen LogP contribution is -2.13. The molecular weight excluding hydrogens is 136 g/mol. The number of aromatic nitrogens is 1. The van der Waals surface area contributed by atoms with Gasteiger partial charge in [0.05, 0.1) is 0 Å². The molecule has 1 aliphatic carbocycles. The molecule has 0 spiro atoms. The normalized spacial score (nSPS) is 20.1. The van der Waals surface area contributed by atoms with Crippen molar-refractivity contribution in [2.75, 3.05) is 6.54 Å². The predicted molar refractivity (Wildman–Crippen MR) is 45.3 cm³/mol. The Kier molecular flexibility index (Phi) is 1.70. The maximum absolute atomic E-state index is 5.69. The van der Waals surface area contributed by atoms with Crippen molar-refractivity contribution in [2.24, 2.45) is 11.7 Å². The van der Waals surface area contributed by atoms with Gasteiger partial charge in [0.15, 0.2) is 0 Å². The Morgan fingerprint density at radius 2 is 2.45 bits per heavy atom. The van der Waals surface area contributed by atoms with E-state index in [9.17, 15) is 0 Å². The van der Waals surface area contributed by atoms with Gasteiger partial charge in [0.2, 0.25) is 0 Å². The van der Waals surface area contributed by atoms with Crippen LogP contribution in [-0.4, -0.2) is 11.5 Å². The Morgan fingerprint density at radius 3 is 2.91 bits per heavy atom. The standard InChI is InChI=1S/C9H14N2/c10-5-9(7-1-2-7)8-3-4-11-6-8/h3-4,6-7,9,11H,1-2,5,10H2. The van der Waals surface area contributed by atoms with Crippen LogP contribution in [0.2, 0.25) is 0 Å². The summed E-state index contributed by atoms with van der Waals surface area (Å²) < 4.78 is 0. The van der Waals surface area contributed by atoms with Gasteiger partial charge in [0.1, 0.15) is 0 Å². The molecule has 2 nitrogen and oxygen atoms in total.